The van der Waals surface area contributed by atoms with Crippen LogP contribution in [0.15, 0.2) is 0 Å². The van der Waals surface area contributed by atoms with E-state index in [4.69, 9.17) is 10.5 Å². The molecule has 0 aromatic rings. The van der Waals surface area contributed by atoms with E-state index in [9.17, 15) is 9.59 Å². The molecule has 6 nitrogen and oxygen atoms in total. The van der Waals surface area contributed by atoms with Gasteiger partial charge in [-0.3, -0.25) is 9.69 Å². The summed E-state index contributed by atoms with van der Waals surface area (Å²) in [6.07, 6.45) is 1.35. The standard InChI is InChI=1S/C12H23N3O3/c1-12(2,3)18-11(17)14-6-8-15-7-4-5-9(15)10(13)16/h9H,4-8H2,1-3H3,(H2,13,16)(H,14,17)/t9-/m0/s1. The Hall–Kier alpha value is -1.30. The molecule has 6 heteroatoms. The summed E-state index contributed by atoms with van der Waals surface area (Å²) in [6, 6.07) is -0.189. The van der Waals surface area contributed by atoms with Crippen LogP contribution in [-0.4, -0.2) is 48.2 Å². The summed E-state index contributed by atoms with van der Waals surface area (Å²) in [6.45, 7) is 7.37. The van der Waals surface area contributed by atoms with Crippen molar-refractivity contribution >= 4 is 12.0 Å². The first-order valence-electron chi connectivity index (χ1n) is 6.30. The van der Waals surface area contributed by atoms with Crippen molar-refractivity contribution in [2.45, 2.75) is 45.3 Å². The van der Waals surface area contributed by atoms with Crippen LogP contribution in [0.5, 0.6) is 0 Å². The topological polar surface area (TPSA) is 84.7 Å². The minimum atomic E-state index is -0.493. The molecule has 1 fully saturated rings. The van der Waals surface area contributed by atoms with E-state index in [1.54, 1.807) is 0 Å². The maximum Gasteiger partial charge on any atom is 0.407 e. The smallest absolute Gasteiger partial charge is 0.407 e. The lowest BCUT2D eigenvalue weighted by molar-refractivity contribution is -0.122. The van der Waals surface area contributed by atoms with E-state index in [1.807, 2.05) is 25.7 Å². The summed E-state index contributed by atoms with van der Waals surface area (Å²) >= 11 is 0. The third-order valence-corrected chi connectivity index (χ3v) is 2.76. The second-order valence-electron chi connectivity index (χ2n) is 5.53. The molecule has 3 N–H and O–H groups in total. The van der Waals surface area contributed by atoms with Crippen molar-refractivity contribution in [1.29, 1.82) is 0 Å². The SMILES string of the molecule is CC(C)(C)OC(=O)NCCN1CCC[C@H]1C(N)=O. The second kappa shape index (κ2) is 6.04. The molecule has 0 bridgehead atoms. The molecule has 1 saturated heterocycles. The Balaban J connectivity index is 2.25. The average Bonchev–Trinajstić information content (AvgIpc) is 2.62. The van der Waals surface area contributed by atoms with Gasteiger partial charge in [-0.15, -0.1) is 0 Å². The van der Waals surface area contributed by atoms with E-state index in [0.717, 1.165) is 19.4 Å². The molecule has 0 saturated carbocycles. The van der Waals surface area contributed by atoms with Gasteiger partial charge in [0, 0.05) is 13.1 Å². The molecule has 2 amide bonds. The summed E-state index contributed by atoms with van der Waals surface area (Å²) in [7, 11) is 0. The third-order valence-electron chi connectivity index (χ3n) is 2.76. The van der Waals surface area contributed by atoms with Gasteiger partial charge in [0.05, 0.1) is 6.04 Å². The number of primary amides is 1. The van der Waals surface area contributed by atoms with Gasteiger partial charge < -0.3 is 15.8 Å². The Kier molecular flexibility index (Phi) is 4.95. The van der Waals surface area contributed by atoms with Crippen LogP contribution in [-0.2, 0) is 9.53 Å². The normalized spacial score (nSPS) is 20.7. The molecule has 1 atom stereocenters. The van der Waals surface area contributed by atoms with Crippen molar-refractivity contribution in [2.75, 3.05) is 19.6 Å². The van der Waals surface area contributed by atoms with Gasteiger partial charge in [0.15, 0.2) is 0 Å². The largest absolute Gasteiger partial charge is 0.444 e. The van der Waals surface area contributed by atoms with Crippen molar-refractivity contribution in [3.63, 3.8) is 0 Å². The van der Waals surface area contributed by atoms with Crippen molar-refractivity contribution in [3.05, 3.63) is 0 Å². The van der Waals surface area contributed by atoms with Crippen LogP contribution in [0.25, 0.3) is 0 Å². The molecular weight excluding hydrogens is 234 g/mol. The molecule has 0 aromatic heterocycles. The number of carbonyl (C=O) groups excluding carboxylic acids is 2. The molecule has 0 aliphatic carbocycles. The number of ether oxygens (including phenoxy) is 1. The van der Waals surface area contributed by atoms with E-state index >= 15 is 0 Å². The number of nitrogens with zero attached hydrogens (tertiary/aromatic N) is 1. The highest BCUT2D eigenvalue weighted by Gasteiger charge is 2.28. The Labute approximate surface area is 108 Å². The Morgan fingerprint density at radius 2 is 2.11 bits per heavy atom. The number of carbonyl (C=O) groups is 2. The van der Waals surface area contributed by atoms with Gasteiger partial charge >= 0.3 is 6.09 Å². The van der Waals surface area contributed by atoms with Crippen LogP contribution in [0.2, 0.25) is 0 Å². The number of nitrogens with one attached hydrogen (secondary N) is 1. The number of amides is 2. The molecule has 0 aromatic carbocycles. The highest BCUT2D eigenvalue weighted by molar-refractivity contribution is 5.80. The molecule has 1 rings (SSSR count). The minimum absolute atomic E-state index is 0.189. The summed E-state index contributed by atoms with van der Waals surface area (Å²) < 4.78 is 5.12. The maximum atomic E-state index is 11.4. The highest BCUT2D eigenvalue weighted by atomic mass is 16.6. The predicted octanol–water partition coefficient (Wildman–Crippen LogP) is 0.461. The molecule has 104 valence electrons. The van der Waals surface area contributed by atoms with Crippen molar-refractivity contribution < 1.29 is 14.3 Å². The predicted molar refractivity (Wildman–Crippen MR) is 68.0 cm³/mol. The highest BCUT2D eigenvalue weighted by Crippen LogP contribution is 2.15. The van der Waals surface area contributed by atoms with Crippen molar-refractivity contribution in [2.24, 2.45) is 5.73 Å². The fourth-order valence-electron chi connectivity index (χ4n) is 2.03. The zero-order valence-electron chi connectivity index (χ0n) is 11.4. The summed E-state index contributed by atoms with van der Waals surface area (Å²) in [5.74, 6) is -0.287. The van der Waals surface area contributed by atoms with Crippen LogP contribution in [0.4, 0.5) is 4.79 Å². The van der Waals surface area contributed by atoms with Crippen molar-refractivity contribution in [3.8, 4) is 0 Å². The van der Waals surface area contributed by atoms with Gasteiger partial charge in [-0.05, 0) is 40.2 Å². The molecule has 1 aliphatic heterocycles. The number of likely N-dealkylation sites (tertiary alicyclic amines) is 1. The summed E-state index contributed by atoms with van der Waals surface area (Å²) in [4.78, 5) is 24.6. The van der Waals surface area contributed by atoms with Gasteiger partial charge in [-0.1, -0.05) is 0 Å². The molecule has 0 spiro atoms. The minimum Gasteiger partial charge on any atom is -0.444 e. The van der Waals surface area contributed by atoms with Gasteiger partial charge in [0.1, 0.15) is 5.60 Å². The Morgan fingerprint density at radius 1 is 1.44 bits per heavy atom. The lowest BCUT2D eigenvalue weighted by Gasteiger charge is -2.23. The van der Waals surface area contributed by atoms with E-state index in [0.29, 0.717) is 13.1 Å². The van der Waals surface area contributed by atoms with E-state index in [2.05, 4.69) is 5.32 Å². The molecular formula is C12H23N3O3. The zero-order chi connectivity index (χ0) is 13.8. The lowest BCUT2D eigenvalue weighted by Crippen LogP contribution is -2.44. The average molecular weight is 257 g/mol. The summed E-state index contributed by atoms with van der Waals surface area (Å²) in [5, 5.41) is 2.67. The number of rotatable bonds is 4. The molecule has 18 heavy (non-hydrogen) atoms. The van der Waals surface area contributed by atoms with Gasteiger partial charge in [0.25, 0.3) is 0 Å². The molecule has 0 radical (unpaired) electrons. The number of hydrogen-bond acceptors (Lipinski definition) is 4. The Bertz CT molecular complexity index is 312. The van der Waals surface area contributed by atoms with E-state index in [-0.39, 0.29) is 11.9 Å². The number of nitrogens with two attached hydrogens (primary N) is 1. The van der Waals surface area contributed by atoms with Crippen LogP contribution in [0.1, 0.15) is 33.6 Å². The molecule has 1 aliphatic rings. The first-order chi connectivity index (χ1) is 8.29. The van der Waals surface area contributed by atoms with Crippen LogP contribution >= 0.6 is 0 Å². The second-order valence-corrected chi connectivity index (χ2v) is 5.53. The quantitative estimate of drug-likeness (QED) is 0.766. The van der Waals surface area contributed by atoms with Gasteiger partial charge in [0.2, 0.25) is 5.91 Å². The monoisotopic (exact) mass is 257 g/mol. The molecule has 0 unspecified atom stereocenters. The number of alkyl carbamates (subject to hydrolysis) is 1. The first-order valence-corrected chi connectivity index (χ1v) is 6.30. The van der Waals surface area contributed by atoms with Crippen LogP contribution in [0, 0.1) is 0 Å². The Morgan fingerprint density at radius 3 is 2.67 bits per heavy atom. The van der Waals surface area contributed by atoms with E-state index < -0.39 is 11.7 Å². The van der Waals surface area contributed by atoms with E-state index in [1.165, 1.54) is 0 Å². The third kappa shape index (κ3) is 4.91. The fraction of sp³-hybridized carbons (Fsp3) is 0.833. The van der Waals surface area contributed by atoms with Crippen molar-refractivity contribution in [1.82, 2.24) is 10.2 Å². The maximum absolute atomic E-state index is 11.4. The lowest BCUT2D eigenvalue weighted by atomic mass is 10.2. The fourth-order valence-corrected chi connectivity index (χ4v) is 2.03. The summed E-state index contributed by atoms with van der Waals surface area (Å²) in [5.41, 5.74) is 4.82. The number of hydrogen-bond donors (Lipinski definition) is 2. The van der Waals surface area contributed by atoms with Gasteiger partial charge in [-0.2, -0.15) is 0 Å². The van der Waals surface area contributed by atoms with Crippen LogP contribution in [0.3, 0.4) is 0 Å². The molecule has 1 heterocycles. The van der Waals surface area contributed by atoms with Crippen LogP contribution < -0.4 is 11.1 Å². The first kappa shape index (κ1) is 14.8. The zero-order valence-corrected chi connectivity index (χ0v) is 11.4. The van der Waals surface area contributed by atoms with Gasteiger partial charge in [-0.25, -0.2) is 4.79 Å².